The highest BCUT2D eigenvalue weighted by Crippen LogP contribution is 2.31. The van der Waals surface area contributed by atoms with Crippen LogP contribution in [-0.4, -0.2) is 10.2 Å². The van der Waals surface area contributed by atoms with Gasteiger partial charge in [0.2, 0.25) is 5.13 Å². The van der Waals surface area contributed by atoms with Crippen LogP contribution in [0.5, 0.6) is 0 Å². The summed E-state index contributed by atoms with van der Waals surface area (Å²) in [5, 5.41) is 13.5. The van der Waals surface area contributed by atoms with Crippen LogP contribution in [-0.2, 0) is 12.3 Å². The lowest BCUT2D eigenvalue weighted by atomic mass is 10.0. The molecule has 0 aliphatic heterocycles. The Morgan fingerprint density at radius 2 is 1.93 bits per heavy atom. The molecule has 0 spiro atoms. The van der Waals surface area contributed by atoms with Gasteiger partial charge in [0.25, 0.3) is 0 Å². The second-order valence-electron chi connectivity index (χ2n) is 6.48. The van der Waals surface area contributed by atoms with Crippen molar-refractivity contribution in [3.8, 4) is 0 Å². The fourth-order valence-corrected chi connectivity index (χ4v) is 4.64. The van der Waals surface area contributed by atoms with Gasteiger partial charge in [-0.15, -0.1) is 10.2 Å². The standard InChI is InChI=1S/C21H19N3O2S2/c1-13-8-9-17-16(10-18(25)26-19(17)14(13)2)12-27-21-24-23-20(28-21)22-11-15-6-4-3-5-7-15/h3-10H,11-12H2,1-2H3,(H,22,23). The van der Waals surface area contributed by atoms with E-state index in [0.717, 1.165) is 31.5 Å². The van der Waals surface area contributed by atoms with Crippen molar-refractivity contribution in [1.29, 1.82) is 0 Å². The van der Waals surface area contributed by atoms with E-state index >= 15 is 0 Å². The summed E-state index contributed by atoms with van der Waals surface area (Å²) in [7, 11) is 0. The first-order chi connectivity index (χ1) is 13.6. The minimum Gasteiger partial charge on any atom is -0.422 e. The molecule has 0 saturated carbocycles. The summed E-state index contributed by atoms with van der Waals surface area (Å²) < 4.78 is 6.31. The van der Waals surface area contributed by atoms with Gasteiger partial charge in [-0.05, 0) is 36.1 Å². The van der Waals surface area contributed by atoms with Gasteiger partial charge in [0.05, 0.1) is 0 Å². The average molecular weight is 410 g/mol. The van der Waals surface area contributed by atoms with Crippen LogP contribution in [0.1, 0.15) is 22.3 Å². The van der Waals surface area contributed by atoms with Crippen LogP contribution in [0, 0.1) is 13.8 Å². The van der Waals surface area contributed by atoms with Crippen molar-refractivity contribution in [1.82, 2.24) is 10.2 Å². The van der Waals surface area contributed by atoms with E-state index in [-0.39, 0.29) is 5.63 Å². The third kappa shape index (κ3) is 4.10. The minimum absolute atomic E-state index is 0.320. The first kappa shape index (κ1) is 18.7. The number of fused-ring (bicyclic) bond motifs is 1. The number of nitrogens with zero attached hydrogens (tertiary/aromatic N) is 2. The molecule has 0 unspecified atom stereocenters. The lowest BCUT2D eigenvalue weighted by molar-refractivity contribution is 0.557. The van der Waals surface area contributed by atoms with E-state index in [1.807, 2.05) is 38.1 Å². The van der Waals surface area contributed by atoms with Gasteiger partial charge >= 0.3 is 5.63 Å². The molecule has 28 heavy (non-hydrogen) atoms. The average Bonchev–Trinajstić information content (AvgIpc) is 3.16. The predicted molar refractivity (Wildman–Crippen MR) is 115 cm³/mol. The van der Waals surface area contributed by atoms with Crippen LogP contribution in [0.3, 0.4) is 0 Å². The number of aromatic nitrogens is 2. The van der Waals surface area contributed by atoms with Crippen LogP contribution in [0.2, 0.25) is 0 Å². The van der Waals surface area contributed by atoms with Crippen LogP contribution >= 0.6 is 23.1 Å². The Morgan fingerprint density at radius 3 is 2.75 bits per heavy atom. The number of thioether (sulfide) groups is 1. The molecule has 1 N–H and O–H groups in total. The third-order valence-electron chi connectivity index (χ3n) is 4.56. The van der Waals surface area contributed by atoms with Crippen LogP contribution in [0.25, 0.3) is 11.0 Å². The third-order valence-corrected chi connectivity index (χ3v) is 6.62. The number of hydrogen-bond acceptors (Lipinski definition) is 7. The summed E-state index contributed by atoms with van der Waals surface area (Å²) in [6, 6.07) is 15.8. The maximum absolute atomic E-state index is 12.0. The van der Waals surface area contributed by atoms with Crippen molar-refractivity contribution >= 4 is 39.2 Å². The second kappa shape index (κ2) is 8.16. The zero-order valence-electron chi connectivity index (χ0n) is 15.6. The Balaban J connectivity index is 1.47. The molecule has 5 nitrogen and oxygen atoms in total. The summed E-state index contributed by atoms with van der Waals surface area (Å²) in [4.78, 5) is 12.0. The van der Waals surface area contributed by atoms with Gasteiger partial charge in [-0.1, -0.05) is 65.6 Å². The van der Waals surface area contributed by atoms with Crippen molar-refractivity contribution in [2.24, 2.45) is 0 Å². The fourth-order valence-electron chi connectivity index (χ4n) is 2.90. The Kier molecular flexibility index (Phi) is 5.45. The summed E-state index contributed by atoms with van der Waals surface area (Å²) in [6.45, 7) is 4.71. The number of anilines is 1. The van der Waals surface area contributed by atoms with E-state index < -0.39 is 0 Å². The van der Waals surface area contributed by atoms with Gasteiger partial charge in [0.1, 0.15) is 5.58 Å². The molecule has 0 fully saturated rings. The van der Waals surface area contributed by atoms with E-state index in [0.29, 0.717) is 17.9 Å². The Hall–Kier alpha value is -2.64. The van der Waals surface area contributed by atoms with Gasteiger partial charge in [-0.25, -0.2) is 4.79 Å². The normalized spacial score (nSPS) is 11.1. The van der Waals surface area contributed by atoms with Crippen molar-refractivity contribution in [2.75, 3.05) is 5.32 Å². The SMILES string of the molecule is Cc1ccc2c(CSc3nnc(NCc4ccccc4)s3)cc(=O)oc2c1C. The molecule has 0 saturated heterocycles. The zero-order valence-corrected chi connectivity index (χ0v) is 17.2. The largest absolute Gasteiger partial charge is 0.422 e. The number of nitrogens with one attached hydrogen (secondary N) is 1. The summed E-state index contributed by atoms with van der Waals surface area (Å²) in [5.74, 6) is 0.637. The summed E-state index contributed by atoms with van der Waals surface area (Å²) in [6.07, 6.45) is 0. The molecule has 0 amide bonds. The smallest absolute Gasteiger partial charge is 0.336 e. The van der Waals surface area contributed by atoms with Crippen molar-refractivity contribution in [3.05, 3.63) is 81.2 Å². The molecular formula is C21H19N3O2S2. The van der Waals surface area contributed by atoms with E-state index in [9.17, 15) is 4.79 Å². The maximum atomic E-state index is 12.0. The maximum Gasteiger partial charge on any atom is 0.336 e. The molecule has 2 heterocycles. The summed E-state index contributed by atoms with van der Waals surface area (Å²) >= 11 is 3.09. The molecule has 142 valence electrons. The molecule has 2 aromatic heterocycles. The fraction of sp³-hybridized carbons (Fsp3) is 0.190. The zero-order chi connectivity index (χ0) is 19.5. The van der Waals surface area contributed by atoms with Gasteiger partial charge in [0, 0.05) is 23.8 Å². The van der Waals surface area contributed by atoms with Gasteiger partial charge < -0.3 is 9.73 Å². The minimum atomic E-state index is -0.320. The molecule has 0 bridgehead atoms. The van der Waals surface area contributed by atoms with Crippen LogP contribution in [0.4, 0.5) is 5.13 Å². The van der Waals surface area contributed by atoms with E-state index in [4.69, 9.17) is 4.42 Å². The molecule has 4 rings (SSSR count). The van der Waals surface area contributed by atoms with Gasteiger partial charge in [0.15, 0.2) is 4.34 Å². The highest BCUT2D eigenvalue weighted by atomic mass is 32.2. The van der Waals surface area contributed by atoms with E-state index in [1.165, 1.54) is 16.9 Å². The van der Waals surface area contributed by atoms with Gasteiger partial charge in [-0.2, -0.15) is 0 Å². The molecule has 0 aliphatic rings. The first-order valence-electron chi connectivity index (χ1n) is 8.87. The Labute approximate surface area is 170 Å². The van der Waals surface area contributed by atoms with Gasteiger partial charge in [-0.3, -0.25) is 0 Å². The quantitative estimate of drug-likeness (QED) is 0.350. The highest BCUT2D eigenvalue weighted by molar-refractivity contribution is 8.00. The monoisotopic (exact) mass is 409 g/mol. The predicted octanol–water partition coefficient (Wildman–Crippen LogP) is 5.17. The van der Waals surface area contributed by atoms with Crippen molar-refractivity contribution in [3.63, 3.8) is 0 Å². The van der Waals surface area contributed by atoms with Crippen molar-refractivity contribution < 1.29 is 4.42 Å². The molecule has 4 aromatic rings. The molecular weight excluding hydrogens is 390 g/mol. The number of hydrogen-bond donors (Lipinski definition) is 1. The van der Waals surface area contributed by atoms with Crippen LogP contribution < -0.4 is 10.9 Å². The lowest BCUT2D eigenvalue weighted by Crippen LogP contribution is -2.01. The topological polar surface area (TPSA) is 68.0 Å². The summed E-state index contributed by atoms with van der Waals surface area (Å²) in [5.41, 5.74) is 4.61. The molecule has 0 aliphatic carbocycles. The second-order valence-corrected chi connectivity index (χ2v) is 8.68. The van der Waals surface area contributed by atoms with E-state index in [2.05, 4.69) is 33.7 Å². The lowest BCUT2D eigenvalue weighted by Gasteiger charge is -2.08. The molecule has 7 heteroatoms. The number of benzene rings is 2. The first-order valence-corrected chi connectivity index (χ1v) is 10.7. The highest BCUT2D eigenvalue weighted by Gasteiger charge is 2.11. The number of rotatable bonds is 6. The van der Waals surface area contributed by atoms with Crippen molar-refractivity contribution in [2.45, 2.75) is 30.5 Å². The molecule has 0 radical (unpaired) electrons. The van der Waals surface area contributed by atoms with E-state index in [1.54, 1.807) is 17.8 Å². The van der Waals surface area contributed by atoms with Crippen LogP contribution in [0.15, 0.2) is 62.1 Å². The molecule has 2 aromatic carbocycles. The Bertz CT molecular complexity index is 1170. The number of aryl methyl sites for hydroxylation is 2. The molecule has 0 atom stereocenters. The Morgan fingerprint density at radius 1 is 1.11 bits per heavy atom.